The topological polar surface area (TPSA) is 0 Å². The van der Waals surface area contributed by atoms with Crippen LogP contribution < -0.4 is 0 Å². The summed E-state index contributed by atoms with van der Waals surface area (Å²) >= 11 is 0. The molecule has 5 rings (SSSR count). The van der Waals surface area contributed by atoms with E-state index in [0.717, 1.165) is 0 Å². The van der Waals surface area contributed by atoms with Gasteiger partial charge in [-0.05, 0) is 47.6 Å². The lowest BCUT2D eigenvalue weighted by molar-refractivity contribution is 0.389. The van der Waals surface area contributed by atoms with Crippen molar-refractivity contribution in [1.82, 2.24) is 0 Å². The van der Waals surface area contributed by atoms with Crippen LogP contribution in [0.25, 0.3) is 5.57 Å². The summed E-state index contributed by atoms with van der Waals surface area (Å²) in [6.07, 6.45) is 5.16. The second kappa shape index (κ2) is 9.78. The summed E-state index contributed by atoms with van der Waals surface area (Å²) < 4.78 is 0. The molecule has 180 valence electrons. The van der Waals surface area contributed by atoms with E-state index in [4.69, 9.17) is 0 Å². The summed E-state index contributed by atoms with van der Waals surface area (Å²) in [7, 11) is 0. The van der Waals surface area contributed by atoms with Crippen LogP contribution in [0.4, 0.5) is 0 Å². The maximum atomic E-state index is 2.59. The molecular formula is C36H36. The highest BCUT2D eigenvalue weighted by Gasteiger charge is 2.76. The van der Waals surface area contributed by atoms with Crippen molar-refractivity contribution >= 4 is 5.57 Å². The van der Waals surface area contributed by atoms with Gasteiger partial charge in [-0.3, -0.25) is 0 Å². The molecule has 1 saturated carbocycles. The zero-order chi connectivity index (χ0) is 25.2. The number of benzene rings is 4. The molecule has 4 aromatic rings. The highest BCUT2D eigenvalue weighted by atomic mass is 14.8. The Balaban J connectivity index is 1.85. The van der Waals surface area contributed by atoms with E-state index in [1.807, 2.05) is 0 Å². The number of rotatable bonds is 7. The van der Waals surface area contributed by atoms with E-state index in [1.54, 1.807) is 0 Å². The average Bonchev–Trinajstić information content (AvgIpc) is 3.51. The lowest BCUT2D eigenvalue weighted by atomic mass is 9.75. The molecule has 0 N–H and O–H groups in total. The van der Waals surface area contributed by atoms with E-state index in [9.17, 15) is 0 Å². The van der Waals surface area contributed by atoms with Gasteiger partial charge in [0.05, 0.1) is 0 Å². The van der Waals surface area contributed by atoms with Gasteiger partial charge in [0, 0.05) is 16.7 Å². The Morgan fingerprint density at radius 2 is 1.00 bits per heavy atom. The molecular weight excluding hydrogens is 432 g/mol. The van der Waals surface area contributed by atoms with Gasteiger partial charge in [-0.25, -0.2) is 0 Å². The van der Waals surface area contributed by atoms with Crippen molar-refractivity contribution < 1.29 is 0 Å². The van der Waals surface area contributed by atoms with Gasteiger partial charge in [0.15, 0.2) is 0 Å². The molecule has 0 saturated heterocycles. The molecule has 2 atom stereocenters. The molecule has 4 aromatic carbocycles. The van der Waals surface area contributed by atoms with Crippen LogP contribution in [0.3, 0.4) is 0 Å². The Morgan fingerprint density at radius 3 is 1.36 bits per heavy atom. The van der Waals surface area contributed by atoms with Gasteiger partial charge < -0.3 is 0 Å². The minimum absolute atomic E-state index is 0.0383. The van der Waals surface area contributed by atoms with Crippen molar-refractivity contribution in [2.75, 3.05) is 0 Å². The SMILES string of the molecule is CC(C)=C[C@@]1(C(C)C)[C@@H](C=C(c2ccccc2)c2ccccc2)C1(c1ccccc1)c1ccccc1. The predicted octanol–water partition coefficient (Wildman–Crippen LogP) is 9.34. The molecule has 0 amide bonds. The molecule has 1 aliphatic rings. The molecule has 0 radical (unpaired) electrons. The van der Waals surface area contributed by atoms with Crippen LogP contribution in [-0.2, 0) is 5.41 Å². The second-order valence-electron chi connectivity index (χ2n) is 10.6. The molecule has 1 aliphatic carbocycles. The van der Waals surface area contributed by atoms with Crippen molar-refractivity contribution in [3.8, 4) is 0 Å². The van der Waals surface area contributed by atoms with E-state index < -0.39 is 0 Å². The van der Waals surface area contributed by atoms with Crippen molar-refractivity contribution in [3.05, 3.63) is 161 Å². The molecule has 36 heavy (non-hydrogen) atoms. The highest BCUT2D eigenvalue weighted by molar-refractivity contribution is 5.81. The van der Waals surface area contributed by atoms with Gasteiger partial charge in [0.25, 0.3) is 0 Å². The smallest absolute Gasteiger partial charge is 0.0373 e. The lowest BCUT2D eigenvalue weighted by Crippen LogP contribution is -2.23. The Labute approximate surface area is 217 Å². The predicted molar refractivity (Wildman–Crippen MR) is 154 cm³/mol. The first-order valence-electron chi connectivity index (χ1n) is 13.1. The number of hydrogen-bond donors (Lipinski definition) is 0. The van der Waals surface area contributed by atoms with Crippen LogP contribution in [0, 0.1) is 17.3 Å². The lowest BCUT2D eigenvalue weighted by Gasteiger charge is -2.28. The van der Waals surface area contributed by atoms with Crippen LogP contribution in [0.15, 0.2) is 139 Å². The van der Waals surface area contributed by atoms with Crippen molar-refractivity contribution in [2.45, 2.75) is 33.1 Å². The van der Waals surface area contributed by atoms with E-state index in [1.165, 1.54) is 33.4 Å². The fraction of sp³-hybridized carbons (Fsp3) is 0.222. The van der Waals surface area contributed by atoms with Crippen LogP contribution >= 0.6 is 0 Å². The van der Waals surface area contributed by atoms with Gasteiger partial charge in [0.2, 0.25) is 0 Å². The third-order valence-corrected chi connectivity index (χ3v) is 8.02. The first-order valence-corrected chi connectivity index (χ1v) is 13.1. The number of hydrogen-bond acceptors (Lipinski definition) is 0. The number of allylic oxidation sites excluding steroid dienone is 3. The first kappa shape index (κ1) is 24.1. The Hall–Kier alpha value is -3.64. The van der Waals surface area contributed by atoms with E-state index in [-0.39, 0.29) is 10.8 Å². The third kappa shape index (κ3) is 3.86. The maximum Gasteiger partial charge on any atom is 0.0373 e. The van der Waals surface area contributed by atoms with Crippen molar-refractivity contribution in [1.29, 1.82) is 0 Å². The Kier molecular flexibility index (Phi) is 6.54. The van der Waals surface area contributed by atoms with Crippen LogP contribution in [0.2, 0.25) is 0 Å². The minimum Gasteiger partial charge on any atom is -0.0798 e. The van der Waals surface area contributed by atoms with Crippen molar-refractivity contribution in [3.63, 3.8) is 0 Å². The van der Waals surface area contributed by atoms with E-state index >= 15 is 0 Å². The summed E-state index contributed by atoms with van der Waals surface area (Å²) in [5.74, 6) is 0.752. The van der Waals surface area contributed by atoms with Gasteiger partial charge in [0.1, 0.15) is 0 Å². The normalized spacial score (nSPS) is 20.0. The van der Waals surface area contributed by atoms with E-state index in [0.29, 0.717) is 11.8 Å². The summed E-state index contributed by atoms with van der Waals surface area (Å²) in [6, 6.07) is 44.1. The summed E-state index contributed by atoms with van der Waals surface area (Å²) in [4.78, 5) is 0. The minimum atomic E-state index is -0.143. The van der Waals surface area contributed by atoms with Crippen LogP contribution in [0.5, 0.6) is 0 Å². The summed E-state index contributed by atoms with van der Waals surface area (Å²) in [6.45, 7) is 9.30. The Bertz CT molecular complexity index is 1260. The zero-order valence-electron chi connectivity index (χ0n) is 21.9. The molecule has 0 bridgehead atoms. The second-order valence-corrected chi connectivity index (χ2v) is 10.6. The van der Waals surface area contributed by atoms with Gasteiger partial charge in [-0.1, -0.05) is 153 Å². The molecule has 1 fully saturated rings. The largest absolute Gasteiger partial charge is 0.0798 e. The quantitative estimate of drug-likeness (QED) is 0.237. The van der Waals surface area contributed by atoms with Gasteiger partial charge >= 0.3 is 0 Å². The van der Waals surface area contributed by atoms with Gasteiger partial charge in [-0.2, -0.15) is 0 Å². The molecule has 0 aliphatic heterocycles. The molecule has 0 spiro atoms. The average molecular weight is 469 g/mol. The highest BCUT2D eigenvalue weighted by Crippen LogP contribution is 2.77. The molecule has 0 unspecified atom stereocenters. The molecule has 0 heteroatoms. The molecule has 0 nitrogen and oxygen atoms in total. The first-order chi connectivity index (χ1) is 17.5. The summed E-state index contributed by atoms with van der Waals surface area (Å²) in [5, 5.41) is 0. The van der Waals surface area contributed by atoms with Crippen molar-refractivity contribution in [2.24, 2.45) is 17.3 Å². The van der Waals surface area contributed by atoms with Gasteiger partial charge in [-0.15, -0.1) is 0 Å². The monoisotopic (exact) mass is 468 g/mol. The van der Waals surface area contributed by atoms with Crippen LogP contribution in [0.1, 0.15) is 49.9 Å². The van der Waals surface area contributed by atoms with E-state index in [2.05, 4.69) is 161 Å². The molecule has 0 heterocycles. The third-order valence-electron chi connectivity index (χ3n) is 8.02. The fourth-order valence-electron chi connectivity index (χ4n) is 6.66. The molecule has 0 aromatic heterocycles. The maximum absolute atomic E-state index is 2.59. The summed E-state index contributed by atoms with van der Waals surface area (Å²) in [5.41, 5.74) is 7.81. The zero-order valence-corrected chi connectivity index (χ0v) is 21.9. The standard InChI is InChI=1S/C36H36/c1-27(2)26-35(28(3)4)34(25-33(29-17-9-5-10-18-29)30-19-11-6-12-20-30)36(35,31-21-13-7-14-22-31)32-23-15-8-16-24-32/h5-26,28,34H,1-4H3/t34-,35-/m1/s1. The fourth-order valence-corrected chi connectivity index (χ4v) is 6.66. The Morgan fingerprint density at radius 1 is 0.611 bits per heavy atom. The van der Waals surface area contributed by atoms with Crippen LogP contribution in [-0.4, -0.2) is 0 Å².